The molecule has 1 amide bonds. The molecule has 0 saturated heterocycles. The number of rotatable bonds is 4. The number of nitrogens with two attached hydrogens (primary N) is 1. The first-order valence-electron chi connectivity index (χ1n) is 5.35. The maximum atomic E-state index is 11.7. The summed E-state index contributed by atoms with van der Waals surface area (Å²) in [5.41, 5.74) is 6.58. The van der Waals surface area contributed by atoms with Crippen LogP contribution in [0.2, 0.25) is 0 Å². The van der Waals surface area contributed by atoms with Crippen molar-refractivity contribution in [1.29, 1.82) is 0 Å². The van der Waals surface area contributed by atoms with Crippen molar-refractivity contribution in [2.24, 2.45) is 11.7 Å². The topological polar surface area (TPSA) is 75.4 Å². The summed E-state index contributed by atoms with van der Waals surface area (Å²) in [4.78, 5) is 11.7. The number of amides is 1. The summed E-state index contributed by atoms with van der Waals surface area (Å²) in [5.74, 6) is -0.146. The smallest absolute Gasteiger partial charge is 0.227 e. The fourth-order valence-electron chi connectivity index (χ4n) is 1.40. The Bertz CT molecular complexity index is 377. The molecule has 0 bridgehead atoms. The van der Waals surface area contributed by atoms with Gasteiger partial charge in [0.1, 0.15) is 5.75 Å². The Kier molecular flexibility index (Phi) is 4.31. The van der Waals surface area contributed by atoms with Gasteiger partial charge < -0.3 is 16.2 Å². The predicted molar refractivity (Wildman–Crippen MR) is 64.3 cm³/mol. The summed E-state index contributed by atoms with van der Waals surface area (Å²) < 4.78 is 0. The lowest BCUT2D eigenvalue weighted by molar-refractivity contribution is -0.119. The first-order chi connectivity index (χ1) is 7.56. The van der Waals surface area contributed by atoms with Crippen molar-refractivity contribution in [3.63, 3.8) is 0 Å². The first kappa shape index (κ1) is 12.5. The molecule has 4 N–H and O–H groups in total. The third-order valence-corrected chi connectivity index (χ3v) is 2.54. The van der Waals surface area contributed by atoms with Gasteiger partial charge in [-0.1, -0.05) is 19.1 Å². The fraction of sp³-hybridized carbons (Fsp3) is 0.417. The van der Waals surface area contributed by atoms with E-state index in [-0.39, 0.29) is 17.6 Å². The van der Waals surface area contributed by atoms with Crippen LogP contribution in [-0.4, -0.2) is 17.6 Å². The van der Waals surface area contributed by atoms with E-state index in [1.165, 1.54) is 0 Å². The number of phenolic OH excluding ortho intramolecular Hbond substituents is 1. The molecule has 16 heavy (non-hydrogen) atoms. The minimum absolute atomic E-state index is 0.119. The van der Waals surface area contributed by atoms with Crippen molar-refractivity contribution in [3.8, 4) is 5.75 Å². The Hall–Kier alpha value is -1.55. The molecule has 0 saturated carbocycles. The van der Waals surface area contributed by atoms with Crippen LogP contribution in [-0.2, 0) is 4.79 Å². The number of anilines is 1. The van der Waals surface area contributed by atoms with Crippen molar-refractivity contribution in [3.05, 3.63) is 23.8 Å². The molecule has 4 heteroatoms. The zero-order valence-corrected chi connectivity index (χ0v) is 9.66. The molecule has 0 radical (unpaired) electrons. The van der Waals surface area contributed by atoms with Crippen molar-refractivity contribution in [2.75, 3.05) is 11.9 Å². The number of hydrogen-bond acceptors (Lipinski definition) is 3. The summed E-state index contributed by atoms with van der Waals surface area (Å²) in [6.45, 7) is 4.08. The summed E-state index contributed by atoms with van der Waals surface area (Å²) in [7, 11) is 0. The highest BCUT2D eigenvalue weighted by Crippen LogP contribution is 2.26. The average Bonchev–Trinajstić information content (AvgIpc) is 2.25. The van der Waals surface area contributed by atoms with E-state index in [0.29, 0.717) is 18.7 Å². The van der Waals surface area contributed by atoms with E-state index >= 15 is 0 Å². The molecule has 1 atom stereocenters. The largest absolute Gasteiger partial charge is 0.505 e. The first-order valence-corrected chi connectivity index (χ1v) is 5.35. The van der Waals surface area contributed by atoms with E-state index in [2.05, 4.69) is 5.32 Å². The third-order valence-electron chi connectivity index (χ3n) is 2.54. The van der Waals surface area contributed by atoms with Gasteiger partial charge in [0.15, 0.2) is 0 Å². The van der Waals surface area contributed by atoms with Crippen LogP contribution in [0, 0.1) is 12.8 Å². The summed E-state index contributed by atoms with van der Waals surface area (Å²) in [6.07, 6.45) is 0.637. The zero-order valence-electron chi connectivity index (χ0n) is 9.66. The number of para-hydroxylation sites is 1. The van der Waals surface area contributed by atoms with Crippen LogP contribution in [0.25, 0.3) is 0 Å². The molecule has 0 fully saturated rings. The number of aromatic hydroxyl groups is 1. The Morgan fingerprint density at radius 3 is 2.88 bits per heavy atom. The van der Waals surface area contributed by atoms with Crippen molar-refractivity contribution in [2.45, 2.75) is 20.3 Å². The monoisotopic (exact) mass is 222 g/mol. The van der Waals surface area contributed by atoms with Gasteiger partial charge in [-0.2, -0.15) is 0 Å². The van der Waals surface area contributed by atoms with Crippen molar-refractivity contribution < 1.29 is 9.90 Å². The second-order valence-electron chi connectivity index (χ2n) is 3.94. The maximum Gasteiger partial charge on any atom is 0.227 e. The average molecular weight is 222 g/mol. The molecule has 4 nitrogen and oxygen atoms in total. The molecule has 1 aromatic carbocycles. The van der Waals surface area contributed by atoms with E-state index in [0.717, 1.165) is 5.56 Å². The molecule has 0 heterocycles. The van der Waals surface area contributed by atoms with Crippen molar-refractivity contribution in [1.82, 2.24) is 0 Å². The molecule has 88 valence electrons. The van der Waals surface area contributed by atoms with Crippen LogP contribution in [0.15, 0.2) is 18.2 Å². The number of carbonyl (C=O) groups is 1. The maximum absolute atomic E-state index is 11.7. The van der Waals surface area contributed by atoms with Gasteiger partial charge in [-0.15, -0.1) is 0 Å². The standard InChI is InChI=1S/C12H18N2O2/c1-8-4-3-5-10(11(8)15)14-12(16)9(2)6-7-13/h3-5,9,15H,6-7,13H2,1-2H3,(H,14,16). The number of carbonyl (C=O) groups excluding carboxylic acids is 1. The van der Waals surface area contributed by atoms with Crippen LogP contribution in [0.4, 0.5) is 5.69 Å². The molecule has 1 unspecified atom stereocenters. The molecule has 1 rings (SSSR count). The quantitative estimate of drug-likeness (QED) is 0.678. The van der Waals surface area contributed by atoms with E-state index in [1.54, 1.807) is 25.1 Å². The van der Waals surface area contributed by atoms with Gasteiger partial charge in [0.25, 0.3) is 0 Å². The van der Waals surface area contributed by atoms with E-state index in [4.69, 9.17) is 5.73 Å². The Balaban J connectivity index is 2.73. The molecule has 0 aliphatic rings. The van der Waals surface area contributed by atoms with Gasteiger partial charge in [0, 0.05) is 5.92 Å². The van der Waals surface area contributed by atoms with Gasteiger partial charge in [-0.05, 0) is 31.5 Å². The van der Waals surface area contributed by atoms with E-state index in [1.807, 2.05) is 6.92 Å². The summed E-state index contributed by atoms with van der Waals surface area (Å²) in [5, 5.41) is 12.4. The normalized spacial score (nSPS) is 12.2. The number of nitrogens with one attached hydrogen (secondary N) is 1. The Morgan fingerprint density at radius 1 is 1.56 bits per heavy atom. The highest BCUT2D eigenvalue weighted by Gasteiger charge is 2.14. The van der Waals surface area contributed by atoms with Gasteiger partial charge in [-0.25, -0.2) is 0 Å². The van der Waals surface area contributed by atoms with Crippen molar-refractivity contribution >= 4 is 11.6 Å². The predicted octanol–water partition coefficient (Wildman–Crippen LogP) is 1.62. The molecular formula is C12H18N2O2. The molecule has 0 spiro atoms. The van der Waals surface area contributed by atoms with E-state index in [9.17, 15) is 9.90 Å². The number of aryl methyl sites for hydroxylation is 1. The minimum Gasteiger partial charge on any atom is -0.505 e. The second kappa shape index (κ2) is 5.51. The van der Waals surface area contributed by atoms with Crippen LogP contribution < -0.4 is 11.1 Å². The molecular weight excluding hydrogens is 204 g/mol. The highest BCUT2D eigenvalue weighted by atomic mass is 16.3. The van der Waals surface area contributed by atoms with Gasteiger partial charge >= 0.3 is 0 Å². The highest BCUT2D eigenvalue weighted by molar-refractivity contribution is 5.93. The minimum atomic E-state index is -0.148. The Morgan fingerprint density at radius 2 is 2.25 bits per heavy atom. The zero-order chi connectivity index (χ0) is 12.1. The van der Waals surface area contributed by atoms with Crippen LogP contribution in [0.5, 0.6) is 5.75 Å². The van der Waals surface area contributed by atoms with Gasteiger partial charge in [0.2, 0.25) is 5.91 Å². The molecule has 0 aliphatic heterocycles. The fourth-order valence-corrected chi connectivity index (χ4v) is 1.40. The lowest BCUT2D eigenvalue weighted by Gasteiger charge is -2.12. The number of hydrogen-bond donors (Lipinski definition) is 3. The van der Waals surface area contributed by atoms with Gasteiger partial charge in [0.05, 0.1) is 5.69 Å². The SMILES string of the molecule is Cc1cccc(NC(=O)C(C)CCN)c1O. The van der Waals surface area contributed by atoms with E-state index < -0.39 is 0 Å². The molecule has 1 aromatic rings. The van der Waals surface area contributed by atoms with Crippen LogP contribution in [0.1, 0.15) is 18.9 Å². The molecule has 0 aliphatic carbocycles. The third kappa shape index (κ3) is 2.97. The summed E-state index contributed by atoms with van der Waals surface area (Å²) in [6, 6.07) is 5.25. The van der Waals surface area contributed by atoms with Crippen LogP contribution >= 0.6 is 0 Å². The number of benzene rings is 1. The number of phenols is 1. The van der Waals surface area contributed by atoms with Gasteiger partial charge in [-0.3, -0.25) is 4.79 Å². The second-order valence-corrected chi connectivity index (χ2v) is 3.94. The lowest BCUT2D eigenvalue weighted by Crippen LogP contribution is -2.22. The lowest BCUT2D eigenvalue weighted by atomic mass is 10.1. The summed E-state index contributed by atoms with van der Waals surface area (Å²) >= 11 is 0. The van der Waals surface area contributed by atoms with Crippen LogP contribution in [0.3, 0.4) is 0 Å². The molecule has 0 aromatic heterocycles. The Labute approximate surface area is 95.5 Å².